The number of nitrogens with zero attached hydrogens (tertiary/aromatic N) is 1. The smallest absolute Gasteiger partial charge is 0.326 e. The Kier molecular flexibility index (Phi) is 10.9. The lowest BCUT2D eigenvalue weighted by atomic mass is 10.1. The number of likely N-dealkylation sites (tertiary alicyclic amines) is 1. The number of carbonyl (C=O) groups excluding carboxylic acids is 4. The van der Waals surface area contributed by atoms with Gasteiger partial charge in [-0.05, 0) is 52.0 Å². The molecule has 0 aromatic rings. The summed E-state index contributed by atoms with van der Waals surface area (Å²) in [4.78, 5) is 61.6. The fraction of sp³-hybridized carbons (Fsp3) is 0.737. The maximum absolute atomic E-state index is 13.1. The summed E-state index contributed by atoms with van der Waals surface area (Å²) in [5, 5.41) is 14.3. The summed E-state index contributed by atoms with van der Waals surface area (Å²) >= 11 is 0. The van der Waals surface area contributed by atoms with Crippen molar-refractivity contribution in [3.63, 3.8) is 0 Å². The minimum atomic E-state index is -1.30. The highest BCUT2D eigenvalue weighted by Crippen LogP contribution is 2.20. The largest absolute Gasteiger partial charge is 0.480 e. The van der Waals surface area contributed by atoms with Crippen molar-refractivity contribution >= 4 is 29.6 Å². The maximum atomic E-state index is 13.1. The first-order chi connectivity index (χ1) is 14.6. The molecule has 0 aromatic carbocycles. The summed E-state index contributed by atoms with van der Waals surface area (Å²) in [6, 6.07) is -3.82. The fourth-order valence-corrected chi connectivity index (χ4v) is 3.37. The zero-order valence-corrected chi connectivity index (χ0v) is 17.8. The van der Waals surface area contributed by atoms with Crippen LogP contribution in [-0.2, 0) is 24.0 Å². The van der Waals surface area contributed by atoms with E-state index in [-0.39, 0.29) is 12.8 Å². The van der Waals surface area contributed by atoms with E-state index in [1.807, 2.05) is 0 Å². The van der Waals surface area contributed by atoms with Gasteiger partial charge in [0.05, 0.1) is 6.04 Å². The molecule has 4 atom stereocenters. The Morgan fingerprint density at radius 3 is 2.32 bits per heavy atom. The van der Waals surface area contributed by atoms with Crippen LogP contribution in [0.15, 0.2) is 0 Å². The van der Waals surface area contributed by atoms with Crippen LogP contribution in [0.5, 0.6) is 0 Å². The molecule has 12 nitrogen and oxygen atoms in total. The standard InChI is InChI=1S/C19H34N6O6/c1-11(21)16(27)23-12(5-2-3-9-20)18(29)25-10-4-6-14(25)17(28)24-13(19(30)31)7-8-15(22)26/h11-14H,2-10,20-21H2,1H3,(H2,22,26)(H,23,27)(H,24,28)(H,30,31). The Labute approximate surface area is 181 Å². The number of carboxylic acid groups (broad SMARTS) is 1. The minimum absolute atomic E-state index is 0.150. The molecule has 1 saturated heterocycles. The monoisotopic (exact) mass is 442 g/mol. The van der Waals surface area contributed by atoms with Crippen molar-refractivity contribution < 1.29 is 29.1 Å². The second kappa shape index (κ2) is 12.8. The van der Waals surface area contributed by atoms with E-state index < -0.39 is 53.8 Å². The quantitative estimate of drug-likeness (QED) is 0.171. The van der Waals surface area contributed by atoms with E-state index in [1.54, 1.807) is 0 Å². The van der Waals surface area contributed by atoms with E-state index in [0.717, 1.165) is 0 Å². The highest BCUT2D eigenvalue weighted by molar-refractivity contribution is 5.94. The van der Waals surface area contributed by atoms with Gasteiger partial charge in [-0.2, -0.15) is 0 Å². The average Bonchev–Trinajstić information content (AvgIpc) is 3.19. The van der Waals surface area contributed by atoms with Crippen molar-refractivity contribution in [2.45, 2.75) is 76.0 Å². The van der Waals surface area contributed by atoms with Gasteiger partial charge in [-0.3, -0.25) is 19.2 Å². The Hall–Kier alpha value is -2.73. The maximum Gasteiger partial charge on any atom is 0.326 e. The van der Waals surface area contributed by atoms with Crippen LogP contribution in [0.3, 0.4) is 0 Å². The van der Waals surface area contributed by atoms with Gasteiger partial charge < -0.3 is 37.8 Å². The van der Waals surface area contributed by atoms with Crippen molar-refractivity contribution in [1.82, 2.24) is 15.5 Å². The Bertz CT molecular complexity index is 670. The number of aliphatic carboxylic acids is 1. The molecule has 0 saturated carbocycles. The molecule has 12 heteroatoms. The number of carbonyl (C=O) groups is 5. The molecule has 4 unspecified atom stereocenters. The second-order valence-electron chi connectivity index (χ2n) is 7.73. The van der Waals surface area contributed by atoms with E-state index in [1.165, 1.54) is 11.8 Å². The molecule has 9 N–H and O–H groups in total. The molecule has 0 radical (unpaired) electrons. The van der Waals surface area contributed by atoms with Crippen LogP contribution >= 0.6 is 0 Å². The minimum Gasteiger partial charge on any atom is -0.480 e. The zero-order valence-electron chi connectivity index (χ0n) is 17.8. The number of nitrogens with two attached hydrogens (primary N) is 3. The molecule has 1 rings (SSSR count). The number of amides is 4. The van der Waals surface area contributed by atoms with Gasteiger partial charge >= 0.3 is 5.97 Å². The summed E-state index contributed by atoms with van der Waals surface area (Å²) < 4.78 is 0. The zero-order chi connectivity index (χ0) is 23.6. The number of unbranched alkanes of at least 4 members (excludes halogenated alkanes) is 1. The summed E-state index contributed by atoms with van der Waals surface area (Å²) in [6.45, 7) is 2.25. The van der Waals surface area contributed by atoms with E-state index in [4.69, 9.17) is 17.2 Å². The van der Waals surface area contributed by atoms with Crippen LogP contribution in [0, 0.1) is 0 Å². The predicted molar refractivity (Wildman–Crippen MR) is 111 cm³/mol. The van der Waals surface area contributed by atoms with Crippen LogP contribution in [-0.4, -0.2) is 76.9 Å². The van der Waals surface area contributed by atoms with Crippen molar-refractivity contribution in [2.24, 2.45) is 17.2 Å². The van der Waals surface area contributed by atoms with Crippen LogP contribution < -0.4 is 27.8 Å². The van der Waals surface area contributed by atoms with Crippen LogP contribution in [0.25, 0.3) is 0 Å². The van der Waals surface area contributed by atoms with Crippen LogP contribution in [0.2, 0.25) is 0 Å². The number of rotatable bonds is 13. The Morgan fingerprint density at radius 1 is 1.10 bits per heavy atom. The summed E-state index contributed by atoms with van der Waals surface area (Å²) in [7, 11) is 0. The molecule has 0 aliphatic carbocycles. The molecule has 1 fully saturated rings. The number of hydrogen-bond donors (Lipinski definition) is 6. The summed E-state index contributed by atoms with van der Waals surface area (Å²) in [5.41, 5.74) is 16.1. The highest BCUT2D eigenvalue weighted by Gasteiger charge is 2.38. The average molecular weight is 443 g/mol. The molecule has 0 spiro atoms. The SMILES string of the molecule is CC(N)C(=O)NC(CCCCN)C(=O)N1CCCC1C(=O)NC(CCC(N)=O)C(=O)O. The van der Waals surface area contributed by atoms with Gasteiger partial charge in [0.25, 0.3) is 0 Å². The van der Waals surface area contributed by atoms with E-state index in [2.05, 4.69) is 10.6 Å². The van der Waals surface area contributed by atoms with Crippen LogP contribution in [0.4, 0.5) is 0 Å². The lowest BCUT2D eigenvalue weighted by Gasteiger charge is -2.29. The van der Waals surface area contributed by atoms with Gasteiger partial charge in [0, 0.05) is 13.0 Å². The Morgan fingerprint density at radius 2 is 1.77 bits per heavy atom. The first-order valence-electron chi connectivity index (χ1n) is 10.5. The molecule has 1 heterocycles. The third-order valence-electron chi connectivity index (χ3n) is 5.11. The second-order valence-corrected chi connectivity index (χ2v) is 7.73. The van der Waals surface area contributed by atoms with Gasteiger partial charge in [0.15, 0.2) is 0 Å². The molecule has 1 aliphatic rings. The lowest BCUT2D eigenvalue weighted by Crippen LogP contribution is -2.56. The molecular weight excluding hydrogens is 408 g/mol. The molecule has 0 aromatic heterocycles. The number of primary amides is 1. The van der Waals surface area contributed by atoms with Crippen molar-refractivity contribution in [3.05, 3.63) is 0 Å². The molecule has 4 amide bonds. The summed E-state index contributed by atoms with van der Waals surface area (Å²) in [6.07, 6.45) is 2.18. The number of hydrogen-bond acceptors (Lipinski definition) is 7. The molecular formula is C19H34N6O6. The fourth-order valence-electron chi connectivity index (χ4n) is 3.37. The van der Waals surface area contributed by atoms with E-state index in [9.17, 15) is 29.1 Å². The van der Waals surface area contributed by atoms with E-state index >= 15 is 0 Å². The molecule has 176 valence electrons. The number of carboxylic acids is 1. The Balaban J connectivity index is 2.89. The molecule has 1 aliphatic heterocycles. The third kappa shape index (κ3) is 8.50. The van der Waals surface area contributed by atoms with Crippen LogP contribution in [0.1, 0.15) is 51.9 Å². The van der Waals surface area contributed by atoms with Gasteiger partial charge in [-0.25, -0.2) is 4.79 Å². The van der Waals surface area contributed by atoms with Gasteiger partial charge in [-0.15, -0.1) is 0 Å². The first-order valence-corrected chi connectivity index (χ1v) is 10.5. The normalized spacial score (nSPS) is 18.7. The number of nitrogens with one attached hydrogen (secondary N) is 2. The predicted octanol–water partition coefficient (Wildman–Crippen LogP) is -2.23. The lowest BCUT2D eigenvalue weighted by molar-refractivity contribution is -0.145. The van der Waals surface area contributed by atoms with Crippen molar-refractivity contribution in [2.75, 3.05) is 13.1 Å². The van der Waals surface area contributed by atoms with E-state index in [0.29, 0.717) is 45.2 Å². The van der Waals surface area contributed by atoms with Gasteiger partial charge in [0.2, 0.25) is 23.6 Å². The first kappa shape index (κ1) is 26.3. The molecule has 0 bridgehead atoms. The van der Waals surface area contributed by atoms with Gasteiger partial charge in [-0.1, -0.05) is 0 Å². The van der Waals surface area contributed by atoms with Crippen molar-refractivity contribution in [3.8, 4) is 0 Å². The van der Waals surface area contributed by atoms with Crippen molar-refractivity contribution in [1.29, 1.82) is 0 Å². The molecule has 31 heavy (non-hydrogen) atoms. The summed E-state index contributed by atoms with van der Waals surface area (Å²) in [5.74, 6) is -3.50. The highest BCUT2D eigenvalue weighted by atomic mass is 16.4. The topological polar surface area (TPSA) is 211 Å². The third-order valence-corrected chi connectivity index (χ3v) is 5.11. The van der Waals surface area contributed by atoms with Gasteiger partial charge in [0.1, 0.15) is 18.1 Å².